The van der Waals surface area contributed by atoms with Crippen LogP contribution in [0, 0.1) is 0 Å². The van der Waals surface area contributed by atoms with E-state index in [2.05, 4.69) is 43.0 Å². The Labute approximate surface area is 140 Å². The van der Waals surface area contributed by atoms with Crippen molar-refractivity contribution in [2.45, 2.75) is 57.4 Å². The van der Waals surface area contributed by atoms with E-state index >= 15 is 0 Å². The molecule has 0 spiro atoms. The number of nitrogens with two attached hydrogens (primary N) is 1. The zero-order chi connectivity index (χ0) is 15.3. The van der Waals surface area contributed by atoms with E-state index < -0.39 is 5.54 Å². The first-order valence-corrected chi connectivity index (χ1v) is 8.24. The van der Waals surface area contributed by atoms with E-state index in [1.807, 2.05) is 6.07 Å². The summed E-state index contributed by atoms with van der Waals surface area (Å²) in [6, 6.07) is 10.6. The number of carbonyl (C=O) groups excluding carboxylic acids is 1. The van der Waals surface area contributed by atoms with Crippen LogP contribution in [0.25, 0.3) is 0 Å². The van der Waals surface area contributed by atoms with Gasteiger partial charge in [0.1, 0.15) is 5.54 Å². The van der Waals surface area contributed by atoms with E-state index in [-0.39, 0.29) is 18.3 Å². The fourth-order valence-corrected chi connectivity index (χ4v) is 3.82. The van der Waals surface area contributed by atoms with E-state index in [9.17, 15) is 4.79 Å². The Hall–Kier alpha value is -1.06. The van der Waals surface area contributed by atoms with Crippen LogP contribution in [0.5, 0.6) is 0 Å². The van der Waals surface area contributed by atoms with Crippen LogP contribution in [0.4, 0.5) is 0 Å². The number of hydrogen-bond acceptors (Lipinski definition) is 2. The minimum absolute atomic E-state index is 0. The topological polar surface area (TPSA) is 46.3 Å². The monoisotopic (exact) mass is 324 g/mol. The van der Waals surface area contributed by atoms with E-state index in [0.29, 0.717) is 5.92 Å². The molecule has 1 heterocycles. The molecule has 1 aromatic carbocycles. The molecule has 4 heteroatoms. The average Bonchev–Trinajstić information content (AvgIpc) is 2.50. The van der Waals surface area contributed by atoms with E-state index in [0.717, 1.165) is 45.2 Å². The van der Waals surface area contributed by atoms with Crippen LogP contribution < -0.4 is 5.73 Å². The highest BCUT2D eigenvalue weighted by Gasteiger charge is 2.46. The van der Waals surface area contributed by atoms with Gasteiger partial charge in [-0.3, -0.25) is 9.69 Å². The summed E-state index contributed by atoms with van der Waals surface area (Å²) in [4.78, 5) is 14.7. The lowest BCUT2D eigenvalue weighted by molar-refractivity contribution is -0.134. The lowest BCUT2D eigenvalue weighted by atomic mass is 9.74. The number of hydrogen-bond donors (Lipinski definition) is 1. The number of halogens is 1. The van der Waals surface area contributed by atoms with Gasteiger partial charge in [-0.2, -0.15) is 0 Å². The van der Waals surface area contributed by atoms with Crippen molar-refractivity contribution in [3.8, 4) is 0 Å². The molecular weight excluding hydrogens is 296 g/mol. The third kappa shape index (κ3) is 3.82. The fourth-order valence-electron chi connectivity index (χ4n) is 3.82. The number of primary amides is 1. The summed E-state index contributed by atoms with van der Waals surface area (Å²) >= 11 is 0. The molecule has 2 rings (SSSR count). The second-order valence-corrected chi connectivity index (χ2v) is 6.23. The highest BCUT2D eigenvalue weighted by atomic mass is 35.5. The molecule has 1 aromatic rings. The van der Waals surface area contributed by atoms with Gasteiger partial charge in [-0.1, -0.05) is 50.6 Å². The quantitative estimate of drug-likeness (QED) is 0.866. The zero-order valence-corrected chi connectivity index (χ0v) is 14.6. The molecule has 0 saturated carbocycles. The minimum Gasteiger partial charge on any atom is -0.368 e. The summed E-state index contributed by atoms with van der Waals surface area (Å²) in [6.45, 7) is 6.24. The van der Waals surface area contributed by atoms with Gasteiger partial charge in [0.15, 0.2) is 0 Å². The zero-order valence-electron chi connectivity index (χ0n) is 13.8. The number of rotatable bonds is 6. The molecule has 2 N–H and O–H groups in total. The van der Waals surface area contributed by atoms with Gasteiger partial charge in [-0.25, -0.2) is 0 Å². The number of piperidine rings is 1. The van der Waals surface area contributed by atoms with Crippen molar-refractivity contribution >= 4 is 18.3 Å². The average molecular weight is 325 g/mol. The van der Waals surface area contributed by atoms with Crippen molar-refractivity contribution in [3.05, 3.63) is 35.9 Å². The van der Waals surface area contributed by atoms with Gasteiger partial charge in [0.25, 0.3) is 0 Å². The summed E-state index contributed by atoms with van der Waals surface area (Å²) in [7, 11) is 0. The summed E-state index contributed by atoms with van der Waals surface area (Å²) in [5, 5.41) is 0. The van der Waals surface area contributed by atoms with Crippen molar-refractivity contribution in [1.29, 1.82) is 0 Å². The molecule has 1 aliphatic rings. The van der Waals surface area contributed by atoms with Crippen molar-refractivity contribution < 1.29 is 4.79 Å². The van der Waals surface area contributed by atoms with Gasteiger partial charge in [0.2, 0.25) is 5.91 Å². The molecule has 2 atom stereocenters. The fraction of sp³-hybridized carbons (Fsp3) is 0.611. The maximum absolute atomic E-state index is 12.3. The lowest BCUT2D eigenvalue weighted by Crippen LogP contribution is -2.61. The van der Waals surface area contributed by atoms with Crippen LogP contribution in [-0.4, -0.2) is 29.4 Å². The second kappa shape index (κ2) is 8.54. The Morgan fingerprint density at radius 2 is 1.95 bits per heavy atom. The molecule has 124 valence electrons. The molecule has 1 saturated heterocycles. The first-order valence-electron chi connectivity index (χ1n) is 8.24. The molecule has 0 aliphatic carbocycles. The van der Waals surface area contributed by atoms with Crippen molar-refractivity contribution in [3.63, 3.8) is 0 Å². The van der Waals surface area contributed by atoms with Crippen molar-refractivity contribution in [1.82, 2.24) is 4.90 Å². The second-order valence-electron chi connectivity index (χ2n) is 6.23. The predicted octanol–water partition coefficient (Wildman–Crippen LogP) is 3.72. The third-order valence-corrected chi connectivity index (χ3v) is 4.82. The Morgan fingerprint density at radius 3 is 2.50 bits per heavy atom. The standard InChI is InChI=1S/C18H28N2O.ClH/c1-3-11-18(17(19)21)14-16(10-13-20(18)12-4-2)15-8-6-5-7-9-15;/h5-9,16H,3-4,10-14H2,1-2H3,(H2,19,21);1H. The van der Waals surface area contributed by atoms with E-state index in [4.69, 9.17) is 5.73 Å². The number of likely N-dealkylation sites (tertiary alicyclic amines) is 1. The highest BCUT2D eigenvalue weighted by Crippen LogP contribution is 2.40. The van der Waals surface area contributed by atoms with Gasteiger partial charge in [-0.15, -0.1) is 12.4 Å². The lowest BCUT2D eigenvalue weighted by Gasteiger charge is -2.48. The van der Waals surface area contributed by atoms with Crippen molar-refractivity contribution in [2.24, 2.45) is 5.73 Å². The van der Waals surface area contributed by atoms with Gasteiger partial charge in [0, 0.05) is 0 Å². The summed E-state index contributed by atoms with van der Waals surface area (Å²) < 4.78 is 0. The maximum atomic E-state index is 12.3. The van der Waals surface area contributed by atoms with Gasteiger partial charge in [-0.05, 0) is 50.3 Å². The normalized spacial score (nSPS) is 25.5. The van der Waals surface area contributed by atoms with Crippen LogP contribution in [0.15, 0.2) is 30.3 Å². The van der Waals surface area contributed by atoms with Gasteiger partial charge in [0.05, 0.1) is 0 Å². The largest absolute Gasteiger partial charge is 0.368 e. The Morgan fingerprint density at radius 1 is 1.27 bits per heavy atom. The summed E-state index contributed by atoms with van der Waals surface area (Å²) in [5.41, 5.74) is 6.76. The number of carbonyl (C=O) groups is 1. The molecule has 3 nitrogen and oxygen atoms in total. The molecule has 2 unspecified atom stereocenters. The molecule has 0 radical (unpaired) electrons. The number of benzene rings is 1. The first-order chi connectivity index (χ1) is 10.1. The predicted molar refractivity (Wildman–Crippen MR) is 94.4 cm³/mol. The molecule has 0 aromatic heterocycles. The minimum atomic E-state index is -0.455. The summed E-state index contributed by atoms with van der Waals surface area (Å²) in [6.07, 6.45) is 4.90. The van der Waals surface area contributed by atoms with E-state index in [1.165, 1.54) is 5.56 Å². The first kappa shape index (κ1) is 19.0. The van der Waals surface area contributed by atoms with Gasteiger partial charge >= 0.3 is 0 Å². The molecule has 1 amide bonds. The molecule has 1 aliphatic heterocycles. The summed E-state index contributed by atoms with van der Waals surface area (Å²) in [5.74, 6) is 0.303. The van der Waals surface area contributed by atoms with Crippen LogP contribution >= 0.6 is 12.4 Å². The Bertz CT molecular complexity index is 465. The van der Waals surface area contributed by atoms with Crippen LogP contribution in [0.2, 0.25) is 0 Å². The Balaban J connectivity index is 0.00000242. The smallest absolute Gasteiger partial charge is 0.237 e. The van der Waals surface area contributed by atoms with Gasteiger partial charge < -0.3 is 5.73 Å². The van der Waals surface area contributed by atoms with Crippen LogP contribution in [-0.2, 0) is 4.79 Å². The molecule has 22 heavy (non-hydrogen) atoms. The van der Waals surface area contributed by atoms with E-state index in [1.54, 1.807) is 0 Å². The SMILES string of the molecule is CCCN1CCC(c2ccccc2)CC1(CCC)C(N)=O.Cl. The van der Waals surface area contributed by atoms with Crippen LogP contribution in [0.1, 0.15) is 57.4 Å². The Kier molecular flexibility index (Phi) is 7.37. The number of nitrogens with zero attached hydrogens (tertiary/aromatic N) is 1. The maximum Gasteiger partial charge on any atom is 0.237 e. The highest BCUT2D eigenvalue weighted by molar-refractivity contribution is 5.85. The molecular formula is C18H29ClN2O. The molecule has 0 bridgehead atoms. The van der Waals surface area contributed by atoms with Crippen LogP contribution in [0.3, 0.4) is 0 Å². The van der Waals surface area contributed by atoms with Crippen molar-refractivity contribution in [2.75, 3.05) is 13.1 Å². The number of amides is 1. The third-order valence-electron chi connectivity index (χ3n) is 4.82. The molecule has 1 fully saturated rings.